The molecule has 0 aromatic carbocycles. The van der Waals surface area contributed by atoms with E-state index in [4.69, 9.17) is 0 Å². The van der Waals surface area contributed by atoms with Crippen molar-refractivity contribution >= 4 is 0 Å². The lowest BCUT2D eigenvalue weighted by molar-refractivity contribution is 0.221. The minimum atomic E-state index is 0.243. The molecule has 0 fully saturated rings. The summed E-state index contributed by atoms with van der Waals surface area (Å²) in [4.78, 5) is 0. The summed E-state index contributed by atoms with van der Waals surface area (Å²) in [7, 11) is 0. The molecule has 0 aromatic rings. The predicted octanol–water partition coefficient (Wildman–Crippen LogP) is 2.49. The summed E-state index contributed by atoms with van der Waals surface area (Å²) < 4.78 is 0. The minimum Gasteiger partial charge on any atom is -0.274 e. The van der Waals surface area contributed by atoms with E-state index >= 15 is 0 Å². The number of rotatable bonds is 1. The van der Waals surface area contributed by atoms with Crippen LogP contribution in [0, 0.1) is 5.41 Å². The lowest BCUT2D eigenvalue weighted by atomic mass is 9.87. The molecule has 3 nitrogen and oxygen atoms in total. The van der Waals surface area contributed by atoms with E-state index in [-0.39, 0.29) is 5.41 Å². The summed E-state index contributed by atoms with van der Waals surface area (Å²) in [6.45, 7) is 11.9. The zero-order chi connectivity index (χ0) is 9.35. The maximum Gasteiger partial charge on any atom is 0.0969 e. The van der Waals surface area contributed by atoms with Gasteiger partial charge in [-0.15, -0.1) is 0 Å². The van der Waals surface area contributed by atoms with Crippen molar-refractivity contribution in [3.05, 3.63) is 0 Å². The van der Waals surface area contributed by atoms with E-state index in [2.05, 4.69) is 50.0 Å². The fraction of sp³-hybridized carbons (Fsp3) is 1.00. The van der Waals surface area contributed by atoms with Crippen LogP contribution in [0.2, 0.25) is 0 Å². The Morgan fingerprint density at radius 3 is 2.17 bits per heavy atom. The Balaban J connectivity index is 2.54. The molecule has 0 bridgehead atoms. The van der Waals surface area contributed by atoms with Crippen LogP contribution in [0.1, 0.15) is 34.6 Å². The maximum absolute atomic E-state index is 4.26. The average molecular weight is 169 g/mol. The monoisotopic (exact) mass is 169 g/mol. The van der Waals surface area contributed by atoms with Crippen LogP contribution >= 0.6 is 0 Å². The molecule has 0 aliphatic carbocycles. The summed E-state index contributed by atoms with van der Waals surface area (Å²) in [5.74, 6) is 0. The predicted molar refractivity (Wildman–Crippen MR) is 49.9 cm³/mol. The molecule has 1 atom stereocenters. The van der Waals surface area contributed by atoms with Gasteiger partial charge in [0.15, 0.2) is 0 Å². The molecule has 3 heteroatoms. The van der Waals surface area contributed by atoms with E-state index in [1.54, 1.807) is 0 Å². The first kappa shape index (κ1) is 9.49. The van der Waals surface area contributed by atoms with Gasteiger partial charge in [-0.2, -0.15) is 5.11 Å². The molecule has 1 aliphatic rings. The molecule has 70 valence electrons. The Hall–Kier alpha value is -0.600. The van der Waals surface area contributed by atoms with Crippen molar-refractivity contribution < 1.29 is 0 Å². The molecular weight excluding hydrogens is 150 g/mol. The fourth-order valence-corrected chi connectivity index (χ4v) is 1.14. The van der Waals surface area contributed by atoms with E-state index in [9.17, 15) is 0 Å². The zero-order valence-electron chi connectivity index (χ0n) is 8.70. The van der Waals surface area contributed by atoms with Gasteiger partial charge in [0.05, 0.1) is 12.6 Å². The molecule has 1 aliphatic heterocycles. The summed E-state index contributed by atoms with van der Waals surface area (Å²) in [5.41, 5.74) is 0.243. The van der Waals surface area contributed by atoms with Crippen molar-refractivity contribution in [3.63, 3.8) is 0 Å². The van der Waals surface area contributed by atoms with Crippen LogP contribution in [0.5, 0.6) is 0 Å². The van der Waals surface area contributed by atoms with Gasteiger partial charge >= 0.3 is 0 Å². The highest BCUT2D eigenvalue weighted by Crippen LogP contribution is 2.27. The van der Waals surface area contributed by atoms with Gasteiger partial charge in [-0.25, -0.2) is 0 Å². The molecule has 0 saturated carbocycles. The molecule has 1 heterocycles. The molecule has 0 saturated heterocycles. The second-order valence-corrected chi connectivity index (χ2v) is 4.80. The van der Waals surface area contributed by atoms with Gasteiger partial charge in [0.25, 0.3) is 0 Å². The van der Waals surface area contributed by atoms with E-state index in [1.807, 2.05) is 0 Å². The highest BCUT2D eigenvalue weighted by Gasteiger charge is 2.31. The average Bonchev–Trinajstić information content (AvgIpc) is 2.30. The topological polar surface area (TPSA) is 28.0 Å². The Bertz CT molecular complexity index is 179. The molecule has 12 heavy (non-hydrogen) atoms. The third-order valence-electron chi connectivity index (χ3n) is 2.26. The van der Waals surface area contributed by atoms with E-state index in [0.717, 1.165) is 6.54 Å². The Morgan fingerprint density at radius 1 is 1.33 bits per heavy atom. The van der Waals surface area contributed by atoms with Crippen LogP contribution in [-0.2, 0) is 0 Å². The summed E-state index contributed by atoms with van der Waals surface area (Å²) >= 11 is 0. The number of nitrogens with zero attached hydrogens (tertiary/aromatic N) is 3. The Morgan fingerprint density at radius 2 is 1.92 bits per heavy atom. The fourth-order valence-electron chi connectivity index (χ4n) is 1.14. The van der Waals surface area contributed by atoms with E-state index < -0.39 is 0 Å². The highest BCUT2D eigenvalue weighted by molar-refractivity contribution is 4.85. The smallest absolute Gasteiger partial charge is 0.0969 e. The number of hydrogen-bond donors (Lipinski definition) is 0. The van der Waals surface area contributed by atoms with Gasteiger partial charge in [-0.1, -0.05) is 26.0 Å². The van der Waals surface area contributed by atoms with Crippen LogP contribution in [-0.4, -0.2) is 23.6 Å². The van der Waals surface area contributed by atoms with Crippen molar-refractivity contribution in [3.8, 4) is 0 Å². The van der Waals surface area contributed by atoms with Crippen molar-refractivity contribution in [2.45, 2.75) is 46.7 Å². The standard InChI is InChI=1S/C9H19N3/c1-7(2)12-6-8(10-11-12)9(3,4)5/h7-8H,6H2,1-5H3. The first-order valence-electron chi connectivity index (χ1n) is 4.58. The van der Waals surface area contributed by atoms with Crippen LogP contribution < -0.4 is 0 Å². The summed E-state index contributed by atoms with van der Waals surface area (Å²) in [5, 5.41) is 10.5. The largest absolute Gasteiger partial charge is 0.274 e. The Kier molecular flexibility index (Phi) is 2.40. The SMILES string of the molecule is CC(C)N1CC(C(C)(C)C)N=N1. The van der Waals surface area contributed by atoms with Gasteiger partial charge in [0, 0.05) is 6.04 Å². The number of hydrogen-bond acceptors (Lipinski definition) is 3. The second kappa shape index (κ2) is 3.04. The van der Waals surface area contributed by atoms with Gasteiger partial charge < -0.3 is 0 Å². The molecule has 0 amide bonds. The third-order valence-corrected chi connectivity index (χ3v) is 2.26. The Labute approximate surface area is 74.8 Å². The van der Waals surface area contributed by atoms with Crippen LogP contribution in [0.25, 0.3) is 0 Å². The third kappa shape index (κ3) is 1.96. The molecule has 0 radical (unpaired) electrons. The molecule has 0 N–H and O–H groups in total. The van der Waals surface area contributed by atoms with Crippen molar-refractivity contribution in [2.24, 2.45) is 15.8 Å². The van der Waals surface area contributed by atoms with Crippen LogP contribution in [0.15, 0.2) is 10.3 Å². The summed E-state index contributed by atoms with van der Waals surface area (Å²) in [6, 6.07) is 0.834. The maximum atomic E-state index is 4.26. The molecule has 0 aromatic heterocycles. The quantitative estimate of drug-likeness (QED) is 0.592. The van der Waals surface area contributed by atoms with Gasteiger partial charge in [-0.05, 0) is 19.3 Å². The molecule has 0 spiro atoms. The summed E-state index contributed by atoms with van der Waals surface area (Å²) in [6.07, 6.45) is 0. The first-order chi connectivity index (χ1) is 5.41. The van der Waals surface area contributed by atoms with E-state index in [1.165, 1.54) is 0 Å². The van der Waals surface area contributed by atoms with E-state index in [0.29, 0.717) is 12.1 Å². The van der Waals surface area contributed by atoms with Crippen molar-refractivity contribution in [2.75, 3.05) is 6.54 Å². The van der Waals surface area contributed by atoms with Gasteiger partial charge in [-0.3, -0.25) is 5.01 Å². The molecule has 1 rings (SSSR count). The zero-order valence-corrected chi connectivity index (χ0v) is 8.70. The van der Waals surface area contributed by atoms with Gasteiger partial charge in [0.2, 0.25) is 0 Å². The molecule has 1 unspecified atom stereocenters. The van der Waals surface area contributed by atoms with Crippen LogP contribution in [0.4, 0.5) is 0 Å². The highest BCUT2D eigenvalue weighted by atomic mass is 15.6. The lowest BCUT2D eigenvalue weighted by Crippen LogP contribution is -2.33. The normalized spacial score (nSPS) is 24.2. The van der Waals surface area contributed by atoms with Crippen LogP contribution in [0.3, 0.4) is 0 Å². The minimum absolute atomic E-state index is 0.243. The van der Waals surface area contributed by atoms with Crippen molar-refractivity contribution in [1.29, 1.82) is 0 Å². The first-order valence-corrected chi connectivity index (χ1v) is 4.58. The second-order valence-electron chi connectivity index (χ2n) is 4.80. The molecular formula is C9H19N3. The van der Waals surface area contributed by atoms with Crippen molar-refractivity contribution in [1.82, 2.24) is 5.01 Å². The lowest BCUT2D eigenvalue weighted by Gasteiger charge is -2.25. The van der Waals surface area contributed by atoms with Gasteiger partial charge in [0.1, 0.15) is 0 Å².